The Balaban J connectivity index is 4.41. The average molecular weight is 255 g/mol. The molecule has 0 fully saturated rings. The zero-order valence-corrected chi connectivity index (χ0v) is 13.7. The predicted molar refractivity (Wildman–Crippen MR) is 85.2 cm³/mol. The number of hydrogen-bond donors (Lipinski definition) is 0. The van der Waals surface area contributed by atoms with E-state index >= 15 is 0 Å². The van der Waals surface area contributed by atoms with Crippen LogP contribution in [0.1, 0.15) is 111 Å². The molecule has 0 aliphatic heterocycles. The highest BCUT2D eigenvalue weighted by Gasteiger charge is 2.27. The summed E-state index contributed by atoms with van der Waals surface area (Å²) in [5.74, 6) is 0. The molecule has 0 heteroatoms. The van der Waals surface area contributed by atoms with E-state index in [-0.39, 0.29) is 0 Å². The van der Waals surface area contributed by atoms with Crippen molar-refractivity contribution in [2.24, 2.45) is 5.41 Å². The van der Waals surface area contributed by atoms with Crippen LogP contribution >= 0.6 is 0 Å². The Morgan fingerprint density at radius 1 is 0.444 bits per heavy atom. The Hall–Kier alpha value is 0. The van der Waals surface area contributed by atoms with Crippen LogP contribution in [-0.2, 0) is 0 Å². The fraction of sp³-hybridized carbons (Fsp3) is 1.00. The largest absolute Gasteiger partial charge is 0.0654 e. The summed E-state index contributed by atoms with van der Waals surface area (Å²) in [6.07, 6.45) is 18.7. The minimum Gasteiger partial charge on any atom is -0.0654 e. The Labute approximate surface area is 117 Å². The van der Waals surface area contributed by atoms with Crippen molar-refractivity contribution in [3.05, 3.63) is 0 Å². The van der Waals surface area contributed by atoms with Crippen molar-refractivity contribution in [2.75, 3.05) is 0 Å². The van der Waals surface area contributed by atoms with Gasteiger partial charge in [0.05, 0.1) is 0 Å². The molecule has 0 saturated heterocycles. The second kappa shape index (κ2) is 12.1. The monoisotopic (exact) mass is 254 g/mol. The molecule has 0 spiro atoms. The molecule has 110 valence electrons. The van der Waals surface area contributed by atoms with Crippen molar-refractivity contribution in [3.63, 3.8) is 0 Å². The van der Waals surface area contributed by atoms with E-state index in [4.69, 9.17) is 0 Å². The molecule has 0 radical (unpaired) electrons. The maximum atomic E-state index is 2.34. The molecule has 0 heterocycles. The number of hydrogen-bond acceptors (Lipinski definition) is 0. The molecule has 0 unspecified atom stereocenters. The normalized spacial score (nSPS) is 12.0. The number of rotatable bonds is 13. The third-order valence-corrected chi connectivity index (χ3v) is 4.49. The first-order valence-electron chi connectivity index (χ1n) is 8.74. The molecule has 0 N–H and O–H groups in total. The van der Waals surface area contributed by atoms with Gasteiger partial charge in [0.15, 0.2) is 0 Å². The van der Waals surface area contributed by atoms with Crippen LogP contribution in [0.15, 0.2) is 0 Å². The van der Waals surface area contributed by atoms with Gasteiger partial charge in [-0.3, -0.25) is 0 Å². The Kier molecular flexibility index (Phi) is 12.1. The van der Waals surface area contributed by atoms with E-state index in [9.17, 15) is 0 Å². The van der Waals surface area contributed by atoms with Gasteiger partial charge in [0.2, 0.25) is 0 Å². The molecule has 0 aromatic heterocycles. The van der Waals surface area contributed by atoms with Crippen LogP contribution in [0.3, 0.4) is 0 Å². The van der Waals surface area contributed by atoms with Crippen LogP contribution < -0.4 is 0 Å². The van der Waals surface area contributed by atoms with Crippen molar-refractivity contribution >= 4 is 0 Å². The van der Waals surface area contributed by atoms with Crippen LogP contribution in [0.2, 0.25) is 0 Å². The number of unbranched alkanes of at least 4 members (excludes halogenated alkanes) is 5. The van der Waals surface area contributed by atoms with Crippen LogP contribution in [-0.4, -0.2) is 0 Å². The summed E-state index contributed by atoms with van der Waals surface area (Å²) in [7, 11) is 0. The summed E-state index contributed by atoms with van der Waals surface area (Å²) in [5.41, 5.74) is 0.706. The summed E-state index contributed by atoms with van der Waals surface area (Å²) in [6.45, 7) is 9.36. The lowest BCUT2D eigenvalue weighted by molar-refractivity contribution is 0.176. The lowest BCUT2D eigenvalue weighted by Crippen LogP contribution is -2.21. The summed E-state index contributed by atoms with van der Waals surface area (Å²) < 4.78 is 0. The molecule has 18 heavy (non-hydrogen) atoms. The van der Waals surface area contributed by atoms with Crippen LogP contribution in [0.5, 0.6) is 0 Å². The van der Waals surface area contributed by atoms with Crippen molar-refractivity contribution in [1.82, 2.24) is 0 Å². The van der Waals surface area contributed by atoms with E-state index in [1.807, 2.05) is 0 Å². The third-order valence-electron chi connectivity index (χ3n) is 4.49. The lowest BCUT2D eigenvalue weighted by atomic mass is 9.71. The highest BCUT2D eigenvalue weighted by atomic mass is 14.3. The van der Waals surface area contributed by atoms with E-state index in [2.05, 4.69) is 27.7 Å². The zero-order chi connectivity index (χ0) is 13.7. The standard InChI is InChI=1S/C18H38/c1-5-9-13-17-18(14-10-6-2,15-11-7-3)16-12-8-4/h5-17H2,1-4H3. The molecule has 0 aliphatic rings. The quantitative estimate of drug-likeness (QED) is 0.307. The van der Waals surface area contributed by atoms with E-state index < -0.39 is 0 Å². The van der Waals surface area contributed by atoms with Crippen molar-refractivity contribution in [3.8, 4) is 0 Å². The van der Waals surface area contributed by atoms with Gasteiger partial charge in [-0.25, -0.2) is 0 Å². The van der Waals surface area contributed by atoms with Gasteiger partial charge in [-0.2, -0.15) is 0 Å². The molecule has 0 bridgehead atoms. The molecular weight excluding hydrogens is 216 g/mol. The summed E-state index contributed by atoms with van der Waals surface area (Å²) >= 11 is 0. The molecule has 0 rings (SSSR count). The van der Waals surface area contributed by atoms with Gasteiger partial charge >= 0.3 is 0 Å². The van der Waals surface area contributed by atoms with E-state index in [0.717, 1.165) is 0 Å². The Morgan fingerprint density at radius 3 is 1.11 bits per heavy atom. The second-order valence-corrected chi connectivity index (χ2v) is 6.27. The van der Waals surface area contributed by atoms with Crippen molar-refractivity contribution in [2.45, 2.75) is 111 Å². The van der Waals surface area contributed by atoms with Gasteiger partial charge in [-0.05, 0) is 31.1 Å². The van der Waals surface area contributed by atoms with E-state index in [0.29, 0.717) is 5.41 Å². The van der Waals surface area contributed by atoms with Gasteiger partial charge in [0, 0.05) is 0 Å². The third kappa shape index (κ3) is 8.16. The Morgan fingerprint density at radius 2 is 0.778 bits per heavy atom. The fourth-order valence-electron chi connectivity index (χ4n) is 3.16. The first-order valence-corrected chi connectivity index (χ1v) is 8.74. The minimum absolute atomic E-state index is 0.706. The van der Waals surface area contributed by atoms with E-state index in [1.165, 1.54) is 83.5 Å². The fourth-order valence-corrected chi connectivity index (χ4v) is 3.16. The molecule has 0 aromatic carbocycles. The highest BCUT2D eigenvalue weighted by molar-refractivity contribution is 4.79. The van der Waals surface area contributed by atoms with Gasteiger partial charge in [-0.1, -0.05) is 85.5 Å². The molecule has 0 amide bonds. The van der Waals surface area contributed by atoms with Crippen molar-refractivity contribution < 1.29 is 0 Å². The SMILES string of the molecule is CCCCCC(CCCC)(CCCC)CCCC. The van der Waals surface area contributed by atoms with Crippen molar-refractivity contribution in [1.29, 1.82) is 0 Å². The molecule has 0 saturated carbocycles. The van der Waals surface area contributed by atoms with E-state index in [1.54, 1.807) is 0 Å². The molecule has 0 aliphatic carbocycles. The van der Waals surface area contributed by atoms with Crippen LogP contribution in [0.4, 0.5) is 0 Å². The smallest absolute Gasteiger partial charge is 0.0297 e. The van der Waals surface area contributed by atoms with Crippen LogP contribution in [0.25, 0.3) is 0 Å². The predicted octanol–water partition coefficient (Wildman–Crippen LogP) is 7.12. The van der Waals surface area contributed by atoms with Crippen LogP contribution in [0, 0.1) is 5.41 Å². The summed E-state index contributed by atoms with van der Waals surface area (Å²) in [6, 6.07) is 0. The second-order valence-electron chi connectivity index (χ2n) is 6.27. The lowest BCUT2D eigenvalue weighted by Gasteiger charge is -2.35. The molecule has 0 nitrogen and oxygen atoms in total. The molecule has 0 atom stereocenters. The average Bonchev–Trinajstić information content (AvgIpc) is 2.40. The van der Waals surface area contributed by atoms with Gasteiger partial charge < -0.3 is 0 Å². The molecule has 0 aromatic rings. The first-order chi connectivity index (χ1) is 8.74. The van der Waals surface area contributed by atoms with Gasteiger partial charge in [0.25, 0.3) is 0 Å². The highest BCUT2D eigenvalue weighted by Crippen LogP contribution is 2.41. The van der Waals surface area contributed by atoms with Gasteiger partial charge in [-0.15, -0.1) is 0 Å². The van der Waals surface area contributed by atoms with Gasteiger partial charge in [0.1, 0.15) is 0 Å². The maximum Gasteiger partial charge on any atom is -0.0297 e. The zero-order valence-electron chi connectivity index (χ0n) is 13.7. The first kappa shape index (κ1) is 18.0. The Bertz CT molecular complexity index is 138. The summed E-state index contributed by atoms with van der Waals surface area (Å²) in [4.78, 5) is 0. The summed E-state index contributed by atoms with van der Waals surface area (Å²) in [5, 5.41) is 0. The minimum atomic E-state index is 0.706. The molecular formula is C18H38. The maximum absolute atomic E-state index is 2.34. The topological polar surface area (TPSA) is 0 Å².